The second kappa shape index (κ2) is 12.7. The van der Waals surface area contributed by atoms with Gasteiger partial charge >= 0.3 is 0 Å². The van der Waals surface area contributed by atoms with E-state index >= 15 is 0 Å². The predicted molar refractivity (Wildman–Crippen MR) is 244 cm³/mol. The number of nitrogens with zero attached hydrogens (tertiary/aromatic N) is 2. The third-order valence-electron chi connectivity index (χ3n) is 9.87. The molecule has 0 N–H and O–H groups in total. The second-order valence-corrected chi connectivity index (χ2v) is 14.1. The van der Waals surface area contributed by atoms with Crippen molar-refractivity contribution in [3.63, 3.8) is 0 Å². The standard InChI is InChI=1S/C54H34N2S/c1-3-13-35(14-4-1)37-17-11-18-40(31-37)56-49-23-9-7-19-43(49)45-28-25-39(33-52(45)56)38-26-30-51-48(32-38)44-20-8-10-24-50(44)55(51)41-27-29-46-47-22-12-21-42(36-15-5-2-6-16-36)54(47)57-53(46)34-41/h1-34H/i2D,5D,6D,7D,8D,9D,10D,12D,15D,16D,19D,20D,21D,22D,23D,24D,25D,26D,28D,29D,30D,32D,33D,34D. The summed E-state index contributed by atoms with van der Waals surface area (Å²) in [5.74, 6) is 0. The number of aromatic nitrogens is 2. The Labute approximate surface area is 367 Å². The van der Waals surface area contributed by atoms with Crippen LogP contribution in [0.5, 0.6) is 0 Å². The molecule has 0 fully saturated rings. The van der Waals surface area contributed by atoms with Gasteiger partial charge in [-0.1, -0.05) is 151 Å². The first kappa shape index (κ1) is 16.5. The summed E-state index contributed by atoms with van der Waals surface area (Å²) in [6.45, 7) is 0. The molecule has 12 aromatic rings. The lowest BCUT2D eigenvalue weighted by Gasteiger charge is -2.11. The molecular formula is C54H34N2S. The van der Waals surface area contributed by atoms with Crippen LogP contribution in [0.1, 0.15) is 32.9 Å². The highest BCUT2D eigenvalue weighted by Crippen LogP contribution is 2.43. The summed E-state index contributed by atoms with van der Waals surface area (Å²) in [6.07, 6.45) is 0. The van der Waals surface area contributed by atoms with E-state index in [4.69, 9.17) is 17.8 Å². The van der Waals surface area contributed by atoms with Crippen molar-refractivity contribution >= 4 is 75.1 Å². The van der Waals surface area contributed by atoms with Crippen LogP contribution in [0.4, 0.5) is 0 Å². The number of rotatable bonds is 5. The van der Waals surface area contributed by atoms with Crippen LogP contribution < -0.4 is 0 Å². The Hall–Kier alpha value is -7.20. The van der Waals surface area contributed by atoms with Gasteiger partial charge in [-0.3, -0.25) is 0 Å². The maximum Gasteiger partial charge on any atom is 0.0660 e. The third-order valence-corrected chi connectivity index (χ3v) is 11.0. The largest absolute Gasteiger partial charge is 0.309 e. The Balaban J connectivity index is 1.21. The number of hydrogen-bond acceptors (Lipinski definition) is 1. The molecular weight excluding hydrogens is 709 g/mol. The van der Waals surface area contributed by atoms with Crippen molar-refractivity contribution in [1.82, 2.24) is 9.13 Å². The van der Waals surface area contributed by atoms with Gasteiger partial charge in [-0.05, 0) is 87.8 Å². The molecule has 0 aliphatic heterocycles. The molecule has 57 heavy (non-hydrogen) atoms. The Kier molecular flexibility index (Phi) is 3.67. The van der Waals surface area contributed by atoms with Crippen LogP contribution in [0.25, 0.3) is 109 Å². The van der Waals surface area contributed by atoms with Gasteiger partial charge in [0.05, 0.1) is 55.0 Å². The van der Waals surface area contributed by atoms with Gasteiger partial charge in [0.1, 0.15) is 0 Å². The minimum Gasteiger partial charge on any atom is -0.309 e. The summed E-state index contributed by atoms with van der Waals surface area (Å²) in [6, 6.07) is 0.487. The van der Waals surface area contributed by atoms with Crippen LogP contribution in [0.3, 0.4) is 0 Å². The van der Waals surface area contributed by atoms with Crippen molar-refractivity contribution in [3.8, 4) is 44.8 Å². The number of para-hydroxylation sites is 2. The van der Waals surface area contributed by atoms with Crippen LogP contribution in [-0.4, -0.2) is 9.13 Å². The van der Waals surface area contributed by atoms with Gasteiger partial charge in [-0.25, -0.2) is 0 Å². The summed E-state index contributed by atoms with van der Waals surface area (Å²) in [4.78, 5) is 0. The molecule has 3 heterocycles. The minimum atomic E-state index is -0.848. The first-order valence-electron chi connectivity index (χ1n) is 29.6. The smallest absolute Gasteiger partial charge is 0.0660 e. The van der Waals surface area contributed by atoms with Gasteiger partial charge in [0.15, 0.2) is 0 Å². The van der Waals surface area contributed by atoms with E-state index in [1.165, 1.54) is 4.57 Å². The molecule has 12 rings (SSSR count). The van der Waals surface area contributed by atoms with Gasteiger partial charge in [0, 0.05) is 53.1 Å². The lowest BCUT2D eigenvalue weighted by Crippen LogP contribution is -1.94. The lowest BCUT2D eigenvalue weighted by atomic mass is 10.0. The van der Waals surface area contributed by atoms with Crippen LogP contribution in [0, 0.1) is 0 Å². The molecule has 3 heteroatoms. The van der Waals surface area contributed by atoms with E-state index in [9.17, 15) is 15.1 Å². The Morgan fingerprint density at radius 3 is 1.88 bits per heavy atom. The van der Waals surface area contributed by atoms with Gasteiger partial charge < -0.3 is 9.13 Å². The number of benzene rings is 9. The fourth-order valence-corrected chi connectivity index (χ4v) is 8.49. The van der Waals surface area contributed by atoms with E-state index in [2.05, 4.69) is 0 Å². The SMILES string of the molecule is [2H]c1c([2H])c([2H])c(-c2c([2H])c([2H])c([2H])c3c2sc2c([2H])c(-n4c5c([2H])c([2H])c([2H])c([2H])c5c5c([2H])c(-c6c([2H])c([2H])c7c8c([2H])c([2H])c([2H])c([2H])c8n(-c8cccc(-c9ccccc9)c8)c7c6[2H])c([2H])c([2H])c54)cc([2H])c23)c([2H])c1[2H]. The zero-order chi connectivity index (χ0) is 58.3. The van der Waals surface area contributed by atoms with Gasteiger partial charge in [-0.2, -0.15) is 0 Å². The monoisotopic (exact) mass is 766 g/mol. The van der Waals surface area contributed by atoms with E-state index in [0.29, 0.717) is 16.9 Å². The molecule has 266 valence electrons. The van der Waals surface area contributed by atoms with Gasteiger partial charge in [-0.15, -0.1) is 11.3 Å². The lowest BCUT2D eigenvalue weighted by molar-refractivity contribution is 1.18. The minimum absolute atomic E-state index is 0.0882. The van der Waals surface area contributed by atoms with Crippen molar-refractivity contribution in [3.05, 3.63) is 206 Å². The van der Waals surface area contributed by atoms with Crippen LogP contribution >= 0.6 is 11.3 Å². The molecule has 0 aliphatic carbocycles. The molecule has 0 saturated carbocycles. The third kappa shape index (κ3) is 5.03. The normalized spacial score (nSPS) is 17.8. The maximum absolute atomic E-state index is 10.0. The van der Waals surface area contributed by atoms with E-state index in [1.54, 1.807) is 24.3 Å². The molecule has 0 bridgehead atoms. The first-order chi connectivity index (χ1) is 38.3. The highest BCUT2D eigenvalue weighted by atomic mass is 32.1. The summed E-state index contributed by atoms with van der Waals surface area (Å²) in [5, 5.41) is -1.53. The Morgan fingerprint density at radius 1 is 0.368 bits per heavy atom. The molecule has 0 atom stereocenters. The highest BCUT2D eigenvalue weighted by Gasteiger charge is 2.18. The summed E-state index contributed by atoms with van der Waals surface area (Å²) >= 11 is 0.691. The summed E-state index contributed by atoms with van der Waals surface area (Å²) in [7, 11) is 0. The first-order valence-corrected chi connectivity index (χ1v) is 18.4. The molecule has 2 nitrogen and oxygen atoms in total. The van der Waals surface area contributed by atoms with Crippen molar-refractivity contribution in [2.75, 3.05) is 0 Å². The highest BCUT2D eigenvalue weighted by molar-refractivity contribution is 7.26. The molecule has 0 spiro atoms. The molecule has 0 aliphatic rings. The predicted octanol–water partition coefficient (Wildman–Crippen LogP) is 15.2. The van der Waals surface area contributed by atoms with Crippen LogP contribution in [0.2, 0.25) is 0 Å². The van der Waals surface area contributed by atoms with Crippen molar-refractivity contribution in [1.29, 1.82) is 0 Å². The van der Waals surface area contributed by atoms with Crippen LogP contribution in [0.15, 0.2) is 206 Å². The molecule has 0 unspecified atom stereocenters. The average Bonchev–Trinajstić information content (AvgIpc) is 4.07. The quantitative estimate of drug-likeness (QED) is 0.165. The topological polar surface area (TPSA) is 9.86 Å². The molecule has 9 aromatic carbocycles. The van der Waals surface area contributed by atoms with Crippen molar-refractivity contribution in [2.24, 2.45) is 0 Å². The zero-order valence-electron chi connectivity index (χ0n) is 53.1. The number of fused-ring (bicyclic) bond motifs is 9. The Morgan fingerprint density at radius 2 is 1.04 bits per heavy atom. The van der Waals surface area contributed by atoms with E-state index in [-0.39, 0.29) is 58.9 Å². The van der Waals surface area contributed by atoms with Crippen molar-refractivity contribution in [2.45, 2.75) is 0 Å². The van der Waals surface area contributed by atoms with E-state index in [0.717, 1.165) is 16.2 Å². The fraction of sp³-hybridized carbons (Fsp3) is 0. The van der Waals surface area contributed by atoms with E-state index in [1.807, 2.05) is 30.3 Å². The van der Waals surface area contributed by atoms with Crippen molar-refractivity contribution < 1.29 is 32.9 Å². The van der Waals surface area contributed by atoms with Gasteiger partial charge in [0.2, 0.25) is 0 Å². The summed E-state index contributed by atoms with van der Waals surface area (Å²) in [5.41, 5.74) is -1.88. The molecule has 3 aromatic heterocycles. The van der Waals surface area contributed by atoms with Gasteiger partial charge in [0.25, 0.3) is 0 Å². The molecule has 0 radical (unpaired) electrons. The fourth-order valence-electron chi connectivity index (χ4n) is 7.36. The molecule has 0 amide bonds. The second-order valence-electron chi connectivity index (χ2n) is 13.0. The maximum atomic E-state index is 10.0. The number of thiophene rings is 1. The average molecular weight is 767 g/mol. The summed E-state index contributed by atoms with van der Waals surface area (Å²) < 4.78 is 221. The van der Waals surface area contributed by atoms with Crippen LogP contribution in [-0.2, 0) is 0 Å². The molecule has 0 saturated heterocycles. The Bertz CT molecular complexity index is 4900. The number of hydrogen-bond donors (Lipinski definition) is 0. The zero-order valence-corrected chi connectivity index (χ0v) is 29.9. The van der Waals surface area contributed by atoms with E-state index < -0.39 is 184 Å².